The molecule has 2 N–H and O–H groups in total. The van der Waals surface area contributed by atoms with E-state index < -0.39 is 0 Å². The van der Waals surface area contributed by atoms with Crippen molar-refractivity contribution in [1.82, 2.24) is 10.6 Å². The van der Waals surface area contributed by atoms with Crippen LogP contribution in [-0.2, 0) is 4.79 Å². The molecule has 0 unspecified atom stereocenters. The Hall–Kier alpha value is -1.69. The fourth-order valence-electron chi connectivity index (χ4n) is 1.13. The summed E-state index contributed by atoms with van der Waals surface area (Å²) >= 11 is 0. The SMILES string of the molecule is C=C(C#CC)NC(C)C.CC(C)=C(C)C(=O)NC(C)C. The van der Waals surface area contributed by atoms with Crippen molar-refractivity contribution in [2.45, 2.75) is 67.5 Å². The van der Waals surface area contributed by atoms with E-state index in [4.69, 9.17) is 0 Å². The fraction of sp³-hybridized carbons (Fsp3) is 0.588. The maximum Gasteiger partial charge on any atom is 0.247 e. The van der Waals surface area contributed by atoms with Gasteiger partial charge in [-0.25, -0.2) is 0 Å². The number of rotatable bonds is 4. The largest absolute Gasteiger partial charge is 0.377 e. The molecule has 3 nitrogen and oxygen atoms in total. The average Bonchev–Trinajstić information content (AvgIpc) is 2.26. The van der Waals surface area contributed by atoms with E-state index in [2.05, 4.69) is 42.9 Å². The molecule has 20 heavy (non-hydrogen) atoms. The topological polar surface area (TPSA) is 41.1 Å². The summed E-state index contributed by atoms with van der Waals surface area (Å²) in [6.07, 6.45) is 0. The molecule has 0 rings (SSSR count). The Bertz CT molecular complexity index is 402. The fourth-order valence-corrected chi connectivity index (χ4v) is 1.13. The third-order valence-electron chi connectivity index (χ3n) is 2.25. The monoisotopic (exact) mass is 278 g/mol. The van der Waals surface area contributed by atoms with E-state index in [1.165, 1.54) is 0 Å². The number of carbonyl (C=O) groups is 1. The highest BCUT2D eigenvalue weighted by molar-refractivity contribution is 5.93. The van der Waals surface area contributed by atoms with Crippen LogP contribution in [0.3, 0.4) is 0 Å². The maximum absolute atomic E-state index is 11.2. The van der Waals surface area contributed by atoms with E-state index in [1.807, 2.05) is 34.6 Å². The van der Waals surface area contributed by atoms with Crippen molar-refractivity contribution in [2.24, 2.45) is 0 Å². The van der Waals surface area contributed by atoms with Crippen LogP contribution >= 0.6 is 0 Å². The van der Waals surface area contributed by atoms with Crippen molar-refractivity contribution >= 4 is 5.91 Å². The van der Waals surface area contributed by atoms with Gasteiger partial charge in [0.25, 0.3) is 0 Å². The summed E-state index contributed by atoms with van der Waals surface area (Å²) in [5.41, 5.74) is 2.69. The Morgan fingerprint density at radius 2 is 1.45 bits per heavy atom. The van der Waals surface area contributed by atoms with E-state index in [9.17, 15) is 4.79 Å². The molecule has 0 saturated heterocycles. The molecule has 0 atom stereocenters. The molecule has 0 fully saturated rings. The van der Waals surface area contributed by atoms with Crippen LogP contribution in [0.4, 0.5) is 0 Å². The van der Waals surface area contributed by atoms with Gasteiger partial charge in [0.1, 0.15) is 0 Å². The van der Waals surface area contributed by atoms with E-state index in [0.29, 0.717) is 6.04 Å². The van der Waals surface area contributed by atoms with Crippen molar-refractivity contribution in [2.75, 3.05) is 0 Å². The predicted octanol–water partition coefficient (Wildman–Crippen LogP) is 3.39. The van der Waals surface area contributed by atoms with Gasteiger partial charge >= 0.3 is 0 Å². The molecule has 0 aromatic rings. The number of hydrogen-bond donors (Lipinski definition) is 2. The summed E-state index contributed by atoms with van der Waals surface area (Å²) in [7, 11) is 0. The van der Waals surface area contributed by atoms with Gasteiger partial charge in [0, 0.05) is 17.7 Å². The van der Waals surface area contributed by atoms with Crippen molar-refractivity contribution < 1.29 is 4.79 Å². The molecule has 0 aliphatic carbocycles. The van der Waals surface area contributed by atoms with Gasteiger partial charge in [-0.2, -0.15) is 0 Å². The molecule has 0 aliphatic heterocycles. The number of carbonyl (C=O) groups excluding carboxylic acids is 1. The molecule has 0 aliphatic rings. The molecular weight excluding hydrogens is 248 g/mol. The molecular formula is C17H30N2O. The molecule has 3 heteroatoms. The zero-order valence-corrected chi connectivity index (χ0v) is 14.3. The van der Waals surface area contributed by atoms with E-state index in [0.717, 1.165) is 16.8 Å². The van der Waals surface area contributed by atoms with Crippen LogP contribution in [0.2, 0.25) is 0 Å². The molecule has 114 valence electrons. The van der Waals surface area contributed by atoms with Gasteiger partial charge < -0.3 is 10.6 Å². The minimum atomic E-state index is 0.0417. The van der Waals surface area contributed by atoms with Gasteiger partial charge in [0.2, 0.25) is 5.91 Å². The van der Waals surface area contributed by atoms with Gasteiger partial charge in [-0.1, -0.05) is 24.0 Å². The van der Waals surface area contributed by atoms with Crippen LogP contribution in [0, 0.1) is 11.8 Å². The number of amides is 1. The maximum atomic E-state index is 11.2. The summed E-state index contributed by atoms with van der Waals surface area (Å²) < 4.78 is 0. The Morgan fingerprint density at radius 3 is 1.75 bits per heavy atom. The summed E-state index contributed by atoms with van der Waals surface area (Å²) in [4.78, 5) is 11.2. The molecule has 0 heterocycles. The molecule has 0 spiro atoms. The second-order valence-electron chi connectivity index (χ2n) is 5.41. The van der Waals surface area contributed by atoms with Crippen LogP contribution in [0.1, 0.15) is 55.4 Å². The standard InChI is InChI=1S/C9H17NO.C8H13N/c1-6(2)8(5)9(11)10-7(3)4;1-5-6-8(4)9-7(2)3/h7H,1-5H3,(H,10,11);7,9H,4H2,1-3H3. The van der Waals surface area contributed by atoms with Crippen LogP contribution < -0.4 is 10.6 Å². The zero-order valence-electron chi connectivity index (χ0n) is 14.3. The second kappa shape index (κ2) is 11.2. The summed E-state index contributed by atoms with van der Waals surface area (Å²) in [5, 5.41) is 5.90. The van der Waals surface area contributed by atoms with Gasteiger partial charge in [-0.3, -0.25) is 4.79 Å². The van der Waals surface area contributed by atoms with Crippen molar-refractivity contribution in [3.63, 3.8) is 0 Å². The second-order valence-corrected chi connectivity index (χ2v) is 5.41. The normalized spacial score (nSPS) is 8.90. The predicted molar refractivity (Wildman–Crippen MR) is 88.2 cm³/mol. The van der Waals surface area contributed by atoms with Gasteiger partial charge in [0.05, 0.1) is 5.70 Å². The third-order valence-corrected chi connectivity index (χ3v) is 2.25. The van der Waals surface area contributed by atoms with Crippen LogP contribution in [0.15, 0.2) is 23.4 Å². The molecule has 0 saturated carbocycles. The van der Waals surface area contributed by atoms with Crippen LogP contribution in [0.25, 0.3) is 0 Å². The molecule has 0 aromatic carbocycles. The Morgan fingerprint density at radius 1 is 1.00 bits per heavy atom. The van der Waals surface area contributed by atoms with Crippen molar-refractivity contribution in [1.29, 1.82) is 0 Å². The van der Waals surface area contributed by atoms with Crippen LogP contribution in [0.5, 0.6) is 0 Å². The minimum Gasteiger partial charge on any atom is -0.377 e. The first-order valence-corrected chi connectivity index (χ1v) is 6.94. The van der Waals surface area contributed by atoms with E-state index >= 15 is 0 Å². The average molecular weight is 278 g/mol. The Balaban J connectivity index is 0. The third kappa shape index (κ3) is 12.8. The van der Waals surface area contributed by atoms with Gasteiger partial charge in [-0.05, 0) is 55.4 Å². The first-order chi connectivity index (χ1) is 9.11. The first-order valence-electron chi connectivity index (χ1n) is 6.94. The van der Waals surface area contributed by atoms with Gasteiger partial charge in [0.15, 0.2) is 0 Å². The highest BCUT2D eigenvalue weighted by atomic mass is 16.1. The summed E-state index contributed by atoms with van der Waals surface area (Å²) in [5.74, 6) is 5.62. The summed E-state index contributed by atoms with van der Waals surface area (Å²) in [6, 6.07) is 0.648. The lowest BCUT2D eigenvalue weighted by molar-refractivity contribution is -0.117. The highest BCUT2D eigenvalue weighted by Gasteiger charge is 2.05. The van der Waals surface area contributed by atoms with Crippen LogP contribution in [-0.4, -0.2) is 18.0 Å². The first kappa shape index (κ1) is 20.6. The summed E-state index contributed by atoms with van der Waals surface area (Å²) in [6.45, 7) is 19.2. The Labute approximate surface area is 124 Å². The molecule has 1 amide bonds. The lowest BCUT2D eigenvalue weighted by Gasteiger charge is -2.09. The number of hydrogen-bond acceptors (Lipinski definition) is 2. The molecule has 0 bridgehead atoms. The van der Waals surface area contributed by atoms with E-state index in [-0.39, 0.29) is 11.9 Å². The van der Waals surface area contributed by atoms with E-state index in [1.54, 1.807) is 6.92 Å². The zero-order chi connectivity index (χ0) is 16.3. The Kier molecular flexibility index (Phi) is 11.5. The lowest BCUT2D eigenvalue weighted by atomic mass is 10.1. The van der Waals surface area contributed by atoms with Crippen molar-refractivity contribution in [3.05, 3.63) is 23.4 Å². The van der Waals surface area contributed by atoms with Gasteiger partial charge in [-0.15, -0.1) is 0 Å². The highest BCUT2D eigenvalue weighted by Crippen LogP contribution is 2.01. The number of allylic oxidation sites excluding steroid dienone is 2. The van der Waals surface area contributed by atoms with Crippen molar-refractivity contribution in [3.8, 4) is 11.8 Å². The number of nitrogens with one attached hydrogen (secondary N) is 2. The minimum absolute atomic E-state index is 0.0417. The smallest absolute Gasteiger partial charge is 0.247 e. The lowest BCUT2D eigenvalue weighted by Crippen LogP contribution is -2.30. The molecule has 0 aromatic heterocycles. The molecule has 0 radical (unpaired) electrons. The quantitative estimate of drug-likeness (QED) is 0.611.